The number of hydrogen-bond donors (Lipinski definition) is 1. The van der Waals surface area contributed by atoms with E-state index < -0.39 is 34.8 Å². The van der Waals surface area contributed by atoms with Crippen LogP contribution in [0.5, 0.6) is 0 Å². The molecule has 2 aromatic carbocycles. The van der Waals surface area contributed by atoms with Crippen molar-refractivity contribution in [2.75, 3.05) is 5.32 Å². The average molecular weight is 408 g/mol. The number of anilines is 1. The fourth-order valence-corrected chi connectivity index (χ4v) is 2.66. The van der Waals surface area contributed by atoms with E-state index in [1.54, 1.807) is 6.07 Å². The minimum absolute atomic E-state index is 0.138. The molecule has 0 atom stereocenters. The molecule has 3 rings (SSSR count). The first-order valence-electron chi connectivity index (χ1n) is 8.28. The summed E-state index contributed by atoms with van der Waals surface area (Å²) in [6, 6.07) is 10.3. The lowest BCUT2D eigenvalue weighted by atomic mass is 10.1. The van der Waals surface area contributed by atoms with Crippen molar-refractivity contribution in [2.45, 2.75) is 12.7 Å². The van der Waals surface area contributed by atoms with Crippen LogP contribution in [0.2, 0.25) is 0 Å². The summed E-state index contributed by atoms with van der Waals surface area (Å²) in [5.74, 6) is -2.99. The molecule has 1 aromatic heterocycles. The first kappa shape index (κ1) is 20.2. The fourth-order valence-electron chi connectivity index (χ4n) is 2.66. The van der Waals surface area contributed by atoms with Crippen LogP contribution in [0.1, 0.15) is 21.5 Å². The van der Waals surface area contributed by atoms with Crippen molar-refractivity contribution in [3.05, 3.63) is 99.5 Å². The molecule has 1 heterocycles. The smallest absolute Gasteiger partial charge is 0.322 e. The number of benzene rings is 2. The molecule has 0 saturated heterocycles. The topological polar surface area (TPSA) is 51.1 Å². The van der Waals surface area contributed by atoms with Crippen LogP contribution < -0.4 is 10.9 Å². The summed E-state index contributed by atoms with van der Waals surface area (Å²) in [5, 5.41) is 2.15. The van der Waals surface area contributed by atoms with E-state index in [1.165, 1.54) is 36.5 Å². The summed E-state index contributed by atoms with van der Waals surface area (Å²) in [6.07, 6.45) is -3.59. The van der Waals surface area contributed by atoms with Crippen LogP contribution in [0.3, 0.4) is 0 Å². The standard InChI is InChI=1S/C20H13F5N2O2/c21-16-6-2-1-4-12(16)11-27-9-3-5-14(19(27)29)18(28)26-13-7-8-17(22)15(10-13)20(23,24)25/h1-10H,11H2,(H,26,28). The van der Waals surface area contributed by atoms with Gasteiger partial charge in [0.25, 0.3) is 11.5 Å². The number of nitrogens with zero attached hydrogens (tertiary/aromatic N) is 1. The maximum atomic E-state index is 13.8. The molecular formula is C20H13F5N2O2. The highest BCUT2D eigenvalue weighted by molar-refractivity contribution is 6.04. The van der Waals surface area contributed by atoms with E-state index in [0.717, 1.165) is 10.6 Å². The number of carbonyl (C=O) groups excluding carboxylic acids is 1. The Balaban J connectivity index is 1.87. The minimum Gasteiger partial charge on any atom is -0.322 e. The van der Waals surface area contributed by atoms with Gasteiger partial charge in [-0.25, -0.2) is 8.78 Å². The van der Waals surface area contributed by atoms with Gasteiger partial charge in [-0.3, -0.25) is 9.59 Å². The number of alkyl halides is 3. The van der Waals surface area contributed by atoms with Gasteiger partial charge in [0.1, 0.15) is 17.2 Å². The summed E-state index contributed by atoms with van der Waals surface area (Å²) in [5.41, 5.74) is -2.76. The Hall–Kier alpha value is -3.49. The lowest BCUT2D eigenvalue weighted by Crippen LogP contribution is -2.29. The van der Waals surface area contributed by atoms with Crippen molar-refractivity contribution in [2.24, 2.45) is 0 Å². The first-order valence-corrected chi connectivity index (χ1v) is 8.28. The zero-order chi connectivity index (χ0) is 21.2. The van der Waals surface area contributed by atoms with E-state index in [2.05, 4.69) is 5.32 Å². The maximum Gasteiger partial charge on any atom is 0.419 e. The molecular weight excluding hydrogens is 395 g/mol. The Morgan fingerprint density at radius 3 is 2.38 bits per heavy atom. The Bertz CT molecular complexity index is 1120. The molecule has 0 bridgehead atoms. The molecule has 0 unspecified atom stereocenters. The number of halogens is 5. The summed E-state index contributed by atoms with van der Waals surface area (Å²) in [6.45, 7) is -0.138. The Labute approximate surface area is 161 Å². The van der Waals surface area contributed by atoms with Crippen molar-refractivity contribution in [3.63, 3.8) is 0 Å². The highest BCUT2D eigenvalue weighted by Gasteiger charge is 2.34. The number of nitrogens with one attached hydrogen (secondary N) is 1. The third-order valence-corrected chi connectivity index (χ3v) is 4.09. The quantitative estimate of drug-likeness (QED) is 0.649. The molecule has 3 aromatic rings. The van der Waals surface area contributed by atoms with Crippen LogP contribution in [-0.4, -0.2) is 10.5 Å². The van der Waals surface area contributed by atoms with Gasteiger partial charge in [-0.2, -0.15) is 13.2 Å². The van der Waals surface area contributed by atoms with Crippen LogP contribution >= 0.6 is 0 Å². The van der Waals surface area contributed by atoms with Crippen LogP contribution in [0, 0.1) is 11.6 Å². The summed E-state index contributed by atoms with van der Waals surface area (Å²) >= 11 is 0. The summed E-state index contributed by atoms with van der Waals surface area (Å²) < 4.78 is 66.7. The highest BCUT2D eigenvalue weighted by Crippen LogP contribution is 2.33. The number of amides is 1. The fraction of sp³-hybridized carbons (Fsp3) is 0.100. The zero-order valence-electron chi connectivity index (χ0n) is 14.6. The van der Waals surface area contributed by atoms with E-state index in [-0.39, 0.29) is 23.4 Å². The van der Waals surface area contributed by atoms with Gasteiger partial charge >= 0.3 is 6.18 Å². The SMILES string of the molecule is O=C(Nc1ccc(F)c(C(F)(F)F)c1)c1cccn(Cc2ccccc2F)c1=O. The van der Waals surface area contributed by atoms with Crippen molar-refractivity contribution in [3.8, 4) is 0 Å². The molecule has 9 heteroatoms. The Morgan fingerprint density at radius 2 is 1.69 bits per heavy atom. The number of rotatable bonds is 4. The average Bonchev–Trinajstić information content (AvgIpc) is 2.65. The molecule has 1 amide bonds. The van der Waals surface area contributed by atoms with Crippen LogP contribution in [-0.2, 0) is 12.7 Å². The van der Waals surface area contributed by atoms with Gasteiger partial charge in [-0.1, -0.05) is 18.2 Å². The molecule has 0 fully saturated rings. The van der Waals surface area contributed by atoms with E-state index in [0.29, 0.717) is 12.1 Å². The number of pyridine rings is 1. The monoisotopic (exact) mass is 408 g/mol. The maximum absolute atomic E-state index is 13.8. The van der Waals surface area contributed by atoms with Gasteiger partial charge in [-0.15, -0.1) is 0 Å². The van der Waals surface area contributed by atoms with Gasteiger partial charge in [-0.05, 0) is 36.4 Å². The lowest BCUT2D eigenvalue weighted by molar-refractivity contribution is -0.139. The third-order valence-electron chi connectivity index (χ3n) is 4.09. The molecule has 0 aliphatic carbocycles. The first-order chi connectivity index (χ1) is 13.7. The van der Waals surface area contributed by atoms with E-state index in [4.69, 9.17) is 0 Å². The Morgan fingerprint density at radius 1 is 0.966 bits per heavy atom. The van der Waals surface area contributed by atoms with Crippen LogP contribution in [0.15, 0.2) is 65.6 Å². The van der Waals surface area contributed by atoms with Crippen LogP contribution in [0.25, 0.3) is 0 Å². The molecule has 4 nitrogen and oxygen atoms in total. The molecule has 1 N–H and O–H groups in total. The number of hydrogen-bond acceptors (Lipinski definition) is 2. The summed E-state index contributed by atoms with van der Waals surface area (Å²) in [7, 11) is 0. The molecule has 150 valence electrons. The van der Waals surface area contributed by atoms with Gasteiger partial charge in [0.15, 0.2) is 0 Å². The van der Waals surface area contributed by atoms with Crippen molar-refractivity contribution in [1.82, 2.24) is 4.57 Å². The molecule has 0 aliphatic rings. The van der Waals surface area contributed by atoms with Gasteiger partial charge < -0.3 is 9.88 Å². The molecule has 29 heavy (non-hydrogen) atoms. The zero-order valence-corrected chi connectivity index (χ0v) is 14.6. The molecule has 0 saturated carbocycles. The van der Waals surface area contributed by atoms with Gasteiger partial charge in [0.2, 0.25) is 0 Å². The molecule has 0 radical (unpaired) electrons. The normalized spacial score (nSPS) is 11.3. The predicted molar refractivity (Wildman–Crippen MR) is 95.6 cm³/mol. The van der Waals surface area contributed by atoms with Gasteiger partial charge in [0, 0.05) is 17.4 Å². The number of aromatic nitrogens is 1. The number of carbonyl (C=O) groups is 1. The minimum atomic E-state index is -4.94. The van der Waals surface area contributed by atoms with Crippen molar-refractivity contribution in [1.29, 1.82) is 0 Å². The second-order valence-corrected chi connectivity index (χ2v) is 6.09. The Kier molecular flexibility index (Phi) is 5.49. The predicted octanol–water partition coefficient (Wildman–Crippen LogP) is 4.45. The second kappa shape index (κ2) is 7.86. The van der Waals surface area contributed by atoms with E-state index in [1.807, 2.05) is 0 Å². The molecule has 0 spiro atoms. The second-order valence-electron chi connectivity index (χ2n) is 6.09. The third kappa shape index (κ3) is 4.50. The van der Waals surface area contributed by atoms with E-state index in [9.17, 15) is 31.5 Å². The van der Waals surface area contributed by atoms with Crippen molar-refractivity contribution >= 4 is 11.6 Å². The lowest BCUT2D eigenvalue weighted by Gasteiger charge is -2.12. The highest BCUT2D eigenvalue weighted by atomic mass is 19.4. The largest absolute Gasteiger partial charge is 0.419 e. The summed E-state index contributed by atoms with van der Waals surface area (Å²) in [4.78, 5) is 24.9. The van der Waals surface area contributed by atoms with Crippen LogP contribution in [0.4, 0.5) is 27.6 Å². The molecule has 0 aliphatic heterocycles. The van der Waals surface area contributed by atoms with Crippen molar-refractivity contribution < 1.29 is 26.7 Å². The van der Waals surface area contributed by atoms with Gasteiger partial charge in [0.05, 0.1) is 12.1 Å². The van der Waals surface area contributed by atoms with E-state index >= 15 is 0 Å².